The van der Waals surface area contributed by atoms with Gasteiger partial charge in [0.05, 0.1) is 0 Å². The van der Waals surface area contributed by atoms with Gasteiger partial charge in [0, 0.05) is 5.56 Å². The van der Waals surface area contributed by atoms with Crippen molar-refractivity contribution in [3.8, 4) is 0 Å². The van der Waals surface area contributed by atoms with Gasteiger partial charge in [0.1, 0.15) is 0 Å². The van der Waals surface area contributed by atoms with Gasteiger partial charge >= 0.3 is 41.7 Å². The van der Waals surface area contributed by atoms with E-state index in [4.69, 9.17) is 0 Å². The van der Waals surface area contributed by atoms with Gasteiger partial charge < -0.3 is 0 Å². The summed E-state index contributed by atoms with van der Waals surface area (Å²) in [6, 6.07) is 1.74. The average molecular weight is 478 g/mol. The summed E-state index contributed by atoms with van der Waals surface area (Å²) in [6.07, 6.45) is -13.3. The monoisotopic (exact) mass is 478 g/mol. The molecule has 0 heterocycles. The van der Waals surface area contributed by atoms with E-state index in [1.54, 1.807) is 0 Å². The zero-order chi connectivity index (χ0) is 24.2. The normalized spacial score (nSPS) is 16.5. The van der Waals surface area contributed by atoms with Crippen molar-refractivity contribution >= 4 is 0 Å². The SMILES string of the molecule is FC(C(F)(F)F)C(F)(F)C(F)(F)C(F)(F)C(F)(F)C(F)(F)C(F)(F)c1ccccc1. The highest BCUT2D eigenvalue weighted by atomic mass is 19.4. The predicted octanol–water partition coefficient (Wildman–Crippen LogP) is 6.86. The first-order chi connectivity index (χ1) is 13.0. The van der Waals surface area contributed by atoms with E-state index in [-0.39, 0.29) is 12.1 Å². The minimum absolute atomic E-state index is 0.0455. The molecule has 0 N–H and O–H groups in total. The Morgan fingerprint density at radius 2 is 0.867 bits per heavy atom. The second kappa shape index (κ2) is 7.07. The van der Waals surface area contributed by atoms with Crippen molar-refractivity contribution in [3.63, 3.8) is 0 Å². The molecule has 0 aliphatic rings. The van der Waals surface area contributed by atoms with Crippen LogP contribution < -0.4 is 0 Å². The van der Waals surface area contributed by atoms with Crippen LogP contribution in [0, 0.1) is 0 Å². The van der Waals surface area contributed by atoms with E-state index in [0.717, 1.165) is 6.07 Å². The average Bonchev–Trinajstić information content (AvgIpc) is 2.60. The molecule has 0 aromatic heterocycles. The maximum Gasteiger partial charge on any atom is 0.425 e. The highest BCUT2D eigenvalue weighted by Crippen LogP contribution is 2.63. The topological polar surface area (TPSA) is 0 Å². The van der Waals surface area contributed by atoms with E-state index in [1.807, 2.05) is 0 Å². The van der Waals surface area contributed by atoms with Gasteiger partial charge in [0.2, 0.25) is 0 Å². The van der Waals surface area contributed by atoms with E-state index < -0.39 is 53.4 Å². The molecule has 0 aliphatic heterocycles. The fourth-order valence-electron chi connectivity index (χ4n) is 1.99. The highest BCUT2D eigenvalue weighted by molar-refractivity contribution is 5.25. The summed E-state index contributed by atoms with van der Waals surface area (Å²) in [5.41, 5.74) is -2.15. The molecule has 1 aromatic carbocycles. The van der Waals surface area contributed by atoms with Gasteiger partial charge in [-0.25, -0.2) is 4.39 Å². The number of alkyl halides is 16. The van der Waals surface area contributed by atoms with Crippen LogP contribution in [0.4, 0.5) is 70.2 Å². The first-order valence-corrected chi connectivity index (χ1v) is 7.04. The molecule has 0 saturated carbocycles. The lowest BCUT2D eigenvalue weighted by molar-refractivity contribution is -0.437. The molecule has 0 spiro atoms. The molecule has 1 aromatic rings. The van der Waals surface area contributed by atoms with Gasteiger partial charge in [-0.1, -0.05) is 30.3 Å². The maximum atomic E-state index is 13.7. The predicted molar refractivity (Wildman–Crippen MR) is 66.0 cm³/mol. The van der Waals surface area contributed by atoms with Gasteiger partial charge in [0.15, 0.2) is 0 Å². The van der Waals surface area contributed by atoms with Gasteiger partial charge in [-0.15, -0.1) is 0 Å². The molecule has 1 unspecified atom stereocenters. The molecule has 30 heavy (non-hydrogen) atoms. The Bertz CT molecular complexity index is 732. The summed E-state index contributed by atoms with van der Waals surface area (Å²) in [5.74, 6) is -46.3. The van der Waals surface area contributed by atoms with Crippen molar-refractivity contribution < 1.29 is 70.2 Å². The summed E-state index contributed by atoms with van der Waals surface area (Å²) >= 11 is 0. The van der Waals surface area contributed by atoms with Crippen LogP contribution in [0.5, 0.6) is 0 Å². The Morgan fingerprint density at radius 3 is 1.23 bits per heavy atom. The highest BCUT2D eigenvalue weighted by Gasteiger charge is 2.92. The van der Waals surface area contributed by atoms with Crippen molar-refractivity contribution in [2.24, 2.45) is 0 Å². The van der Waals surface area contributed by atoms with Crippen LogP contribution in [0.15, 0.2) is 30.3 Å². The van der Waals surface area contributed by atoms with Crippen LogP contribution in [0.25, 0.3) is 0 Å². The first kappa shape index (κ1) is 26.1. The zero-order valence-corrected chi connectivity index (χ0v) is 13.5. The zero-order valence-electron chi connectivity index (χ0n) is 13.5. The number of benzene rings is 1. The Kier molecular flexibility index (Phi) is 6.16. The lowest BCUT2D eigenvalue weighted by atomic mass is 9.88. The number of halogens is 16. The van der Waals surface area contributed by atoms with Crippen molar-refractivity contribution in [1.82, 2.24) is 0 Å². The minimum atomic E-state index is -8.29. The fraction of sp³-hybridized carbons (Fsp3) is 0.571. The standard InChI is InChI=1S/C14H6F16/c15-7(10(20,21)22)9(18,19)12(25,26)14(29,30)13(27,28)11(23,24)8(16,17)6-4-2-1-3-5-6/h1-5,7H. The summed E-state index contributed by atoms with van der Waals surface area (Å²) in [4.78, 5) is 0. The molecule has 16 heteroatoms. The third kappa shape index (κ3) is 3.44. The number of hydrogen-bond donors (Lipinski definition) is 0. The van der Waals surface area contributed by atoms with Crippen molar-refractivity contribution in [1.29, 1.82) is 0 Å². The van der Waals surface area contributed by atoms with Crippen LogP contribution >= 0.6 is 0 Å². The van der Waals surface area contributed by atoms with Crippen LogP contribution in [0.2, 0.25) is 0 Å². The van der Waals surface area contributed by atoms with Crippen molar-refractivity contribution in [2.45, 2.75) is 47.9 Å². The summed E-state index contributed by atoms with van der Waals surface area (Å²) in [6.45, 7) is 0. The molecule has 0 nitrogen and oxygen atoms in total. The van der Waals surface area contributed by atoms with E-state index in [1.165, 1.54) is 0 Å². The molecule has 1 atom stereocenters. The Labute approximate surface area is 155 Å². The third-order valence-corrected chi connectivity index (χ3v) is 3.74. The molecular formula is C14H6F16. The van der Waals surface area contributed by atoms with Gasteiger partial charge in [0.25, 0.3) is 6.17 Å². The number of hydrogen-bond acceptors (Lipinski definition) is 0. The molecule has 0 fully saturated rings. The van der Waals surface area contributed by atoms with Crippen LogP contribution in [0.3, 0.4) is 0 Å². The van der Waals surface area contributed by atoms with E-state index in [9.17, 15) is 70.2 Å². The van der Waals surface area contributed by atoms with E-state index >= 15 is 0 Å². The fourth-order valence-corrected chi connectivity index (χ4v) is 1.99. The molecule has 1 rings (SSSR count). The van der Waals surface area contributed by atoms with E-state index in [2.05, 4.69) is 0 Å². The van der Waals surface area contributed by atoms with Crippen molar-refractivity contribution in [2.75, 3.05) is 0 Å². The van der Waals surface area contributed by atoms with Crippen LogP contribution in [-0.4, -0.2) is 42.0 Å². The Hall–Kier alpha value is -1.90. The smallest absolute Gasteiger partial charge is 0.230 e. The molecule has 0 aliphatic carbocycles. The number of rotatable bonds is 7. The maximum absolute atomic E-state index is 13.7. The lowest BCUT2D eigenvalue weighted by Crippen LogP contribution is -2.72. The molecular weight excluding hydrogens is 472 g/mol. The molecule has 174 valence electrons. The molecule has 0 saturated heterocycles. The van der Waals surface area contributed by atoms with Crippen LogP contribution in [-0.2, 0) is 5.92 Å². The van der Waals surface area contributed by atoms with Gasteiger partial charge in [-0.2, -0.15) is 65.9 Å². The Morgan fingerprint density at radius 1 is 0.500 bits per heavy atom. The second-order valence-corrected chi connectivity index (χ2v) is 5.77. The summed E-state index contributed by atoms with van der Waals surface area (Å²) < 4.78 is 210. The molecule has 0 radical (unpaired) electrons. The van der Waals surface area contributed by atoms with Crippen molar-refractivity contribution in [3.05, 3.63) is 35.9 Å². The van der Waals surface area contributed by atoms with Gasteiger partial charge in [-0.3, -0.25) is 0 Å². The lowest BCUT2D eigenvalue weighted by Gasteiger charge is -2.42. The minimum Gasteiger partial charge on any atom is -0.230 e. The summed E-state index contributed by atoms with van der Waals surface area (Å²) in [7, 11) is 0. The van der Waals surface area contributed by atoms with Crippen LogP contribution in [0.1, 0.15) is 5.56 Å². The second-order valence-electron chi connectivity index (χ2n) is 5.77. The molecule has 0 amide bonds. The van der Waals surface area contributed by atoms with Gasteiger partial charge in [-0.05, 0) is 0 Å². The summed E-state index contributed by atoms with van der Waals surface area (Å²) in [5, 5.41) is 0. The quantitative estimate of drug-likeness (QED) is 0.376. The largest absolute Gasteiger partial charge is 0.425 e. The first-order valence-electron chi connectivity index (χ1n) is 7.04. The Balaban J connectivity index is 3.61. The van der Waals surface area contributed by atoms with E-state index in [0.29, 0.717) is 12.1 Å². The third-order valence-electron chi connectivity index (χ3n) is 3.74. The molecule has 0 bridgehead atoms.